The number of hydrogen-bond acceptors (Lipinski definition) is 2. The molecular formula is C16H20BrClN2O. The van der Waals surface area contributed by atoms with Gasteiger partial charge in [0.15, 0.2) is 0 Å². The zero-order valence-electron chi connectivity index (χ0n) is 13.0. The van der Waals surface area contributed by atoms with Crippen molar-refractivity contribution in [3.05, 3.63) is 44.1 Å². The van der Waals surface area contributed by atoms with E-state index in [9.17, 15) is 0 Å². The van der Waals surface area contributed by atoms with Crippen molar-refractivity contribution in [3.8, 4) is 5.75 Å². The van der Waals surface area contributed by atoms with Crippen LogP contribution in [-0.4, -0.2) is 9.78 Å². The minimum Gasteiger partial charge on any atom is -0.487 e. The third-order valence-corrected chi connectivity index (χ3v) is 4.90. The Morgan fingerprint density at radius 2 is 2.00 bits per heavy atom. The molecule has 1 aromatic carbocycles. The van der Waals surface area contributed by atoms with Crippen LogP contribution in [0.3, 0.4) is 0 Å². The third kappa shape index (κ3) is 3.43. The first-order chi connectivity index (χ1) is 9.81. The van der Waals surface area contributed by atoms with Gasteiger partial charge in [-0.2, -0.15) is 5.10 Å². The molecule has 0 N–H and O–H groups in total. The predicted molar refractivity (Wildman–Crippen MR) is 90.3 cm³/mol. The molecule has 21 heavy (non-hydrogen) atoms. The van der Waals surface area contributed by atoms with Crippen molar-refractivity contribution in [1.29, 1.82) is 0 Å². The maximum atomic E-state index is 6.29. The van der Waals surface area contributed by atoms with Gasteiger partial charge in [0.1, 0.15) is 12.4 Å². The van der Waals surface area contributed by atoms with Gasteiger partial charge in [0.25, 0.3) is 0 Å². The number of ether oxygens (including phenoxy) is 1. The van der Waals surface area contributed by atoms with Crippen LogP contribution in [0.25, 0.3) is 0 Å². The van der Waals surface area contributed by atoms with Crippen molar-refractivity contribution in [2.45, 2.75) is 40.2 Å². The first-order valence-electron chi connectivity index (χ1n) is 6.92. The highest BCUT2D eigenvalue weighted by atomic mass is 79.9. The van der Waals surface area contributed by atoms with Crippen LogP contribution < -0.4 is 4.74 Å². The summed E-state index contributed by atoms with van der Waals surface area (Å²) in [5, 5.41) is 5.17. The molecule has 0 aliphatic rings. The third-order valence-electron chi connectivity index (χ3n) is 3.54. The van der Waals surface area contributed by atoms with E-state index in [1.54, 1.807) is 0 Å². The van der Waals surface area contributed by atoms with Crippen LogP contribution >= 0.6 is 27.5 Å². The largest absolute Gasteiger partial charge is 0.487 e. The van der Waals surface area contributed by atoms with E-state index in [2.05, 4.69) is 34.9 Å². The van der Waals surface area contributed by atoms with E-state index in [0.29, 0.717) is 12.5 Å². The minimum atomic E-state index is 0.367. The lowest BCUT2D eigenvalue weighted by atomic mass is 10.0. The van der Waals surface area contributed by atoms with E-state index in [0.717, 1.165) is 37.8 Å². The number of aromatic nitrogens is 2. The predicted octanol–water partition coefficient (Wildman–Crippen LogP) is 5.16. The van der Waals surface area contributed by atoms with Gasteiger partial charge in [-0.05, 0) is 59.0 Å². The van der Waals surface area contributed by atoms with Crippen LogP contribution in [0.1, 0.15) is 42.3 Å². The Balaban J connectivity index is 2.26. The average Bonchev–Trinajstić information content (AvgIpc) is 2.62. The molecule has 0 atom stereocenters. The summed E-state index contributed by atoms with van der Waals surface area (Å²) in [6.07, 6.45) is 0. The fourth-order valence-corrected chi connectivity index (χ4v) is 3.14. The number of hydrogen-bond donors (Lipinski definition) is 0. The second-order valence-electron chi connectivity index (χ2n) is 5.55. The second-order valence-corrected chi connectivity index (χ2v) is 6.75. The molecule has 1 aromatic heterocycles. The lowest BCUT2D eigenvalue weighted by Gasteiger charge is -2.15. The topological polar surface area (TPSA) is 27.1 Å². The van der Waals surface area contributed by atoms with Gasteiger partial charge in [0, 0.05) is 12.1 Å². The molecule has 5 heteroatoms. The zero-order chi connectivity index (χ0) is 15.7. The molecule has 0 amide bonds. The van der Waals surface area contributed by atoms with Crippen LogP contribution in [0.15, 0.2) is 16.6 Å². The Labute approximate surface area is 139 Å². The Bertz CT molecular complexity index is 665. The van der Waals surface area contributed by atoms with Crippen LogP contribution in [0.4, 0.5) is 0 Å². The Morgan fingerprint density at radius 3 is 2.52 bits per heavy atom. The summed E-state index contributed by atoms with van der Waals surface area (Å²) >= 11 is 9.85. The molecule has 2 aromatic rings. The maximum absolute atomic E-state index is 6.29. The van der Waals surface area contributed by atoms with Crippen molar-refractivity contribution in [2.24, 2.45) is 7.05 Å². The molecule has 0 spiro atoms. The number of benzene rings is 1. The van der Waals surface area contributed by atoms with Crippen molar-refractivity contribution in [2.75, 3.05) is 0 Å². The maximum Gasteiger partial charge on any atom is 0.131 e. The quantitative estimate of drug-likeness (QED) is 0.742. The summed E-state index contributed by atoms with van der Waals surface area (Å²) in [7, 11) is 1.92. The number of rotatable bonds is 4. The molecule has 114 valence electrons. The van der Waals surface area contributed by atoms with Gasteiger partial charge in [-0.25, -0.2) is 0 Å². The molecule has 0 bridgehead atoms. The highest BCUT2D eigenvalue weighted by Crippen LogP contribution is 2.32. The summed E-state index contributed by atoms with van der Waals surface area (Å²) < 4.78 is 8.84. The van der Waals surface area contributed by atoms with E-state index in [4.69, 9.17) is 16.3 Å². The highest BCUT2D eigenvalue weighted by Gasteiger charge is 2.14. The molecular weight excluding hydrogens is 352 g/mol. The lowest BCUT2D eigenvalue weighted by molar-refractivity contribution is 0.291. The van der Waals surface area contributed by atoms with E-state index in [-0.39, 0.29) is 0 Å². The van der Waals surface area contributed by atoms with Gasteiger partial charge in [-0.1, -0.05) is 25.4 Å². The first kappa shape index (κ1) is 16.4. The van der Waals surface area contributed by atoms with Gasteiger partial charge >= 0.3 is 0 Å². The van der Waals surface area contributed by atoms with Gasteiger partial charge in [0.05, 0.1) is 15.9 Å². The molecule has 1 heterocycles. The summed E-state index contributed by atoms with van der Waals surface area (Å²) in [5.41, 5.74) is 4.14. The van der Waals surface area contributed by atoms with E-state index in [1.807, 2.05) is 37.7 Å². The fourth-order valence-electron chi connectivity index (χ4n) is 2.25. The van der Waals surface area contributed by atoms with Gasteiger partial charge in [0.2, 0.25) is 0 Å². The molecule has 0 saturated carbocycles. The van der Waals surface area contributed by atoms with Gasteiger partial charge in [-0.3, -0.25) is 4.68 Å². The standard InChI is InChI=1S/C16H20BrClN2O/c1-9(2)12-7-15(10(3)6-13(12)18)21-8-14-16(17)11(4)19-20(14)5/h6-7,9H,8H2,1-5H3. The van der Waals surface area contributed by atoms with Gasteiger partial charge in [-0.15, -0.1) is 0 Å². The van der Waals surface area contributed by atoms with E-state index < -0.39 is 0 Å². The number of aryl methyl sites for hydroxylation is 3. The number of nitrogens with zero attached hydrogens (tertiary/aromatic N) is 2. The minimum absolute atomic E-state index is 0.367. The Morgan fingerprint density at radius 1 is 1.33 bits per heavy atom. The summed E-state index contributed by atoms with van der Waals surface area (Å²) in [6.45, 7) is 8.70. The van der Waals surface area contributed by atoms with Crippen LogP contribution in [0.2, 0.25) is 5.02 Å². The van der Waals surface area contributed by atoms with Crippen molar-refractivity contribution >= 4 is 27.5 Å². The second kappa shape index (κ2) is 6.41. The fraction of sp³-hybridized carbons (Fsp3) is 0.438. The molecule has 0 aliphatic carbocycles. The Kier molecular flexibility index (Phi) is 4.99. The smallest absolute Gasteiger partial charge is 0.131 e. The molecule has 3 nitrogen and oxygen atoms in total. The van der Waals surface area contributed by atoms with Crippen molar-refractivity contribution in [1.82, 2.24) is 9.78 Å². The normalized spacial score (nSPS) is 11.2. The summed E-state index contributed by atoms with van der Waals surface area (Å²) in [6, 6.07) is 4.01. The van der Waals surface area contributed by atoms with Crippen molar-refractivity contribution in [3.63, 3.8) is 0 Å². The first-order valence-corrected chi connectivity index (χ1v) is 8.09. The molecule has 0 unspecified atom stereocenters. The SMILES string of the molecule is Cc1cc(Cl)c(C(C)C)cc1OCc1c(Br)c(C)nn1C. The summed E-state index contributed by atoms with van der Waals surface area (Å²) in [5.74, 6) is 1.24. The van der Waals surface area contributed by atoms with Crippen LogP contribution in [-0.2, 0) is 13.7 Å². The van der Waals surface area contributed by atoms with Crippen LogP contribution in [0, 0.1) is 13.8 Å². The van der Waals surface area contributed by atoms with Gasteiger partial charge < -0.3 is 4.74 Å². The zero-order valence-corrected chi connectivity index (χ0v) is 15.3. The lowest BCUT2D eigenvalue weighted by Crippen LogP contribution is -2.05. The van der Waals surface area contributed by atoms with Crippen LogP contribution in [0.5, 0.6) is 5.75 Å². The average molecular weight is 372 g/mol. The van der Waals surface area contributed by atoms with E-state index >= 15 is 0 Å². The molecule has 0 radical (unpaired) electrons. The Hall–Kier alpha value is -1.00. The monoisotopic (exact) mass is 370 g/mol. The van der Waals surface area contributed by atoms with E-state index in [1.165, 1.54) is 0 Å². The molecule has 0 saturated heterocycles. The van der Waals surface area contributed by atoms with Crippen molar-refractivity contribution < 1.29 is 4.74 Å². The summed E-state index contributed by atoms with van der Waals surface area (Å²) in [4.78, 5) is 0. The number of halogens is 2. The molecule has 2 rings (SSSR count). The highest BCUT2D eigenvalue weighted by molar-refractivity contribution is 9.10. The molecule has 0 aliphatic heterocycles. The molecule has 0 fully saturated rings.